The summed E-state index contributed by atoms with van der Waals surface area (Å²) < 4.78 is 53.1. The number of carbonyl (C=O) groups is 3. The van der Waals surface area contributed by atoms with Gasteiger partial charge in [0, 0.05) is 18.4 Å². The molecular weight excluding hydrogens is 532 g/mol. The van der Waals surface area contributed by atoms with Crippen LogP contribution in [0.4, 0.5) is 9.18 Å². The summed E-state index contributed by atoms with van der Waals surface area (Å²) in [5.74, 6) is -2.19. The molecule has 0 aromatic heterocycles. The normalized spacial score (nSPS) is 23.0. The Morgan fingerprint density at radius 1 is 1.29 bits per heavy atom. The van der Waals surface area contributed by atoms with E-state index >= 15 is 0 Å². The third-order valence-corrected chi connectivity index (χ3v) is 7.53. The predicted molar refractivity (Wildman–Crippen MR) is 128 cm³/mol. The Kier molecular flexibility index (Phi) is 12.0. The van der Waals surface area contributed by atoms with Crippen LogP contribution in [0.3, 0.4) is 0 Å². The molecule has 1 aromatic carbocycles. The van der Waals surface area contributed by atoms with E-state index in [0.717, 1.165) is 12.0 Å². The largest absolute Gasteiger partial charge is 1.00 e. The third-order valence-electron chi connectivity index (χ3n) is 6.61. The van der Waals surface area contributed by atoms with Crippen LogP contribution in [-0.4, -0.2) is 66.7 Å². The number of aliphatic hydroxyl groups is 1. The quantitative estimate of drug-likeness (QED) is 0.166. The summed E-state index contributed by atoms with van der Waals surface area (Å²) in [6.07, 6.45) is 0.114. The van der Waals surface area contributed by atoms with E-state index in [-0.39, 0.29) is 78.5 Å². The fraction of sp³-hybridized carbons (Fsp3) is 0.625. The molecule has 1 aliphatic carbocycles. The summed E-state index contributed by atoms with van der Waals surface area (Å²) in [5, 5.41) is 17.5. The molecule has 3 amide bonds. The van der Waals surface area contributed by atoms with E-state index in [9.17, 15) is 36.9 Å². The van der Waals surface area contributed by atoms with Crippen molar-refractivity contribution in [3.63, 3.8) is 0 Å². The second kappa shape index (κ2) is 14.0. The first-order valence-electron chi connectivity index (χ1n) is 12.2. The van der Waals surface area contributed by atoms with Crippen LogP contribution >= 0.6 is 0 Å². The molecule has 11 nitrogen and oxygen atoms in total. The summed E-state index contributed by atoms with van der Waals surface area (Å²) in [5.41, 5.74) is -1.65. The van der Waals surface area contributed by atoms with Crippen molar-refractivity contribution in [2.75, 3.05) is 13.2 Å². The topological polar surface area (TPSA) is 174 Å². The predicted octanol–water partition coefficient (Wildman–Crippen LogP) is -2.05. The minimum atomic E-state index is -5.20. The molecule has 0 bridgehead atoms. The molecule has 206 valence electrons. The van der Waals surface area contributed by atoms with Gasteiger partial charge in [0.05, 0.1) is 12.6 Å². The SMILES string of the molecule is CC(C)C[C@H](NC(=O)OC[C@H]1C[C@@H]1c1cccc(F)c1)C(=O)N[C@@H](C[C@H]1CCNC1=O)C(O)S(=O)(=O)[O-].[Na+]. The maximum Gasteiger partial charge on any atom is 1.00 e. The Balaban J connectivity index is 0.00000507. The van der Waals surface area contributed by atoms with E-state index in [1.165, 1.54) is 12.1 Å². The van der Waals surface area contributed by atoms with Gasteiger partial charge in [0.25, 0.3) is 0 Å². The standard InChI is InChI=1S/C24H34FN3O8S.Na/c1-13(2)8-19(28-24(32)36-12-16-10-18(16)14-4-3-5-17(25)9-14)22(30)27-20(23(31)37(33,34)35)11-15-6-7-26-21(15)29;/h3-5,9,13,15-16,18-20,23,31H,6-8,10-12H2,1-2H3,(H,26,29)(H,27,30)(H,28,32)(H,33,34,35);/q;+1/p-1/t15-,16-,18-,19+,20+,23?;/m1./s1. The molecule has 3 rings (SSSR count). The van der Waals surface area contributed by atoms with Gasteiger partial charge in [0.2, 0.25) is 11.8 Å². The van der Waals surface area contributed by atoms with Crippen LogP contribution in [0, 0.1) is 23.6 Å². The number of hydrogen-bond acceptors (Lipinski definition) is 8. The number of amides is 3. The van der Waals surface area contributed by atoms with Gasteiger partial charge in [-0.2, -0.15) is 0 Å². The number of carbonyl (C=O) groups excluding carboxylic acids is 3. The number of ether oxygens (including phenoxy) is 1. The zero-order valence-electron chi connectivity index (χ0n) is 21.7. The number of aliphatic hydroxyl groups excluding tert-OH is 1. The smallest absolute Gasteiger partial charge is 0.746 e. The van der Waals surface area contributed by atoms with E-state index in [2.05, 4.69) is 16.0 Å². The van der Waals surface area contributed by atoms with E-state index in [0.29, 0.717) is 13.0 Å². The maximum absolute atomic E-state index is 13.4. The fourth-order valence-corrected chi connectivity index (χ4v) is 5.14. The van der Waals surface area contributed by atoms with Gasteiger partial charge in [-0.25, -0.2) is 17.6 Å². The van der Waals surface area contributed by atoms with Gasteiger partial charge < -0.3 is 30.3 Å². The van der Waals surface area contributed by atoms with Gasteiger partial charge in [-0.1, -0.05) is 26.0 Å². The Morgan fingerprint density at radius 3 is 2.58 bits per heavy atom. The Bertz CT molecular complexity index is 1110. The van der Waals surface area contributed by atoms with Crippen molar-refractivity contribution in [2.45, 2.75) is 63.0 Å². The number of nitrogens with one attached hydrogen (secondary N) is 3. The summed E-state index contributed by atoms with van der Waals surface area (Å²) in [7, 11) is -5.20. The molecule has 1 saturated carbocycles. The van der Waals surface area contributed by atoms with Gasteiger partial charge in [-0.05, 0) is 55.2 Å². The fourth-order valence-electron chi connectivity index (χ4n) is 4.55. The summed E-state index contributed by atoms with van der Waals surface area (Å²) in [6.45, 7) is 4.03. The van der Waals surface area contributed by atoms with Crippen LogP contribution in [0.15, 0.2) is 24.3 Å². The summed E-state index contributed by atoms with van der Waals surface area (Å²) in [4.78, 5) is 37.4. The van der Waals surface area contributed by atoms with Crippen molar-refractivity contribution >= 4 is 28.0 Å². The van der Waals surface area contributed by atoms with Gasteiger partial charge >= 0.3 is 35.7 Å². The molecule has 1 unspecified atom stereocenters. The second-order valence-electron chi connectivity index (χ2n) is 10.1. The molecule has 2 aliphatic rings. The zero-order chi connectivity index (χ0) is 27.3. The van der Waals surface area contributed by atoms with E-state index in [1.54, 1.807) is 26.0 Å². The third kappa shape index (κ3) is 9.45. The molecule has 0 spiro atoms. The molecule has 6 atom stereocenters. The van der Waals surface area contributed by atoms with E-state index in [4.69, 9.17) is 4.74 Å². The molecular formula is C24H33FN3NaO8S. The molecule has 1 saturated heterocycles. The van der Waals surface area contributed by atoms with Crippen molar-refractivity contribution in [1.82, 2.24) is 16.0 Å². The maximum atomic E-state index is 13.4. The van der Waals surface area contributed by atoms with Crippen molar-refractivity contribution in [2.24, 2.45) is 17.8 Å². The first kappa shape index (κ1) is 32.4. The van der Waals surface area contributed by atoms with Crippen LogP contribution in [0.25, 0.3) is 0 Å². The minimum Gasteiger partial charge on any atom is -0.746 e. The van der Waals surface area contributed by atoms with Crippen LogP contribution < -0.4 is 45.5 Å². The van der Waals surface area contributed by atoms with Crippen molar-refractivity contribution in [1.29, 1.82) is 0 Å². The molecule has 1 aliphatic heterocycles. The summed E-state index contributed by atoms with van der Waals surface area (Å²) >= 11 is 0. The van der Waals surface area contributed by atoms with Gasteiger partial charge in [0.1, 0.15) is 22.0 Å². The number of rotatable bonds is 12. The molecule has 1 aromatic rings. The van der Waals surface area contributed by atoms with Crippen LogP contribution in [0.1, 0.15) is 51.0 Å². The number of hydrogen-bond donors (Lipinski definition) is 4. The second-order valence-corrected chi connectivity index (χ2v) is 11.6. The van der Waals surface area contributed by atoms with E-state index in [1.807, 2.05) is 0 Å². The molecule has 14 heteroatoms. The van der Waals surface area contributed by atoms with Crippen molar-refractivity contribution < 1.29 is 71.1 Å². The number of halogens is 1. The molecule has 1 heterocycles. The Labute approximate surface area is 243 Å². The van der Waals surface area contributed by atoms with E-state index < -0.39 is 45.6 Å². The zero-order valence-corrected chi connectivity index (χ0v) is 24.5. The molecule has 2 fully saturated rings. The van der Waals surface area contributed by atoms with Gasteiger partial charge in [-0.15, -0.1) is 0 Å². The van der Waals surface area contributed by atoms with Crippen molar-refractivity contribution in [3.8, 4) is 0 Å². The monoisotopic (exact) mass is 565 g/mol. The number of alkyl carbamates (subject to hydrolysis) is 1. The van der Waals surface area contributed by atoms with Crippen LogP contribution in [0.2, 0.25) is 0 Å². The van der Waals surface area contributed by atoms with Crippen LogP contribution in [0.5, 0.6) is 0 Å². The van der Waals surface area contributed by atoms with Gasteiger partial charge in [-0.3, -0.25) is 9.59 Å². The average molecular weight is 566 g/mol. The molecule has 4 N–H and O–H groups in total. The number of benzene rings is 1. The molecule has 0 radical (unpaired) electrons. The van der Waals surface area contributed by atoms with Crippen LogP contribution in [-0.2, 0) is 24.4 Å². The Morgan fingerprint density at radius 2 is 2.00 bits per heavy atom. The summed E-state index contributed by atoms with van der Waals surface area (Å²) in [6, 6.07) is 3.52. The van der Waals surface area contributed by atoms with Crippen molar-refractivity contribution in [3.05, 3.63) is 35.6 Å². The molecule has 38 heavy (non-hydrogen) atoms. The average Bonchev–Trinajstić information content (AvgIpc) is 3.49. The van der Waals surface area contributed by atoms with Gasteiger partial charge in [0.15, 0.2) is 5.44 Å². The first-order valence-corrected chi connectivity index (χ1v) is 13.7. The minimum absolute atomic E-state index is 0. The first-order chi connectivity index (χ1) is 17.3. The Hall–Kier alpha value is -1.77.